The summed E-state index contributed by atoms with van der Waals surface area (Å²) in [7, 11) is 1.65. The molecule has 1 aromatic carbocycles. The SMILES string of the molecule is COc1cc(C(C)C)c(Oc2cnc(N)nc2N)cc1C#CC1CC1. The fourth-order valence-corrected chi connectivity index (χ4v) is 2.38. The fraction of sp³-hybridized carbons (Fsp3) is 0.368. The van der Waals surface area contributed by atoms with Gasteiger partial charge in [-0.25, -0.2) is 4.98 Å². The van der Waals surface area contributed by atoms with Crippen molar-refractivity contribution in [1.29, 1.82) is 0 Å². The van der Waals surface area contributed by atoms with E-state index in [-0.39, 0.29) is 17.7 Å². The number of rotatable bonds is 4. The zero-order valence-electron chi connectivity index (χ0n) is 14.7. The molecule has 130 valence electrons. The van der Waals surface area contributed by atoms with Crippen molar-refractivity contribution in [3.63, 3.8) is 0 Å². The number of anilines is 2. The van der Waals surface area contributed by atoms with Gasteiger partial charge in [-0.05, 0) is 24.8 Å². The minimum atomic E-state index is 0.111. The molecule has 4 N–H and O–H groups in total. The maximum absolute atomic E-state index is 5.99. The van der Waals surface area contributed by atoms with E-state index in [4.69, 9.17) is 20.9 Å². The Labute approximate surface area is 147 Å². The second-order valence-corrected chi connectivity index (χ2v) is 6.37. The number of ether oxygens (including phenoxy) is 2. The Balaban J connectivity index is 2.03. The van der Waals surface area contributed by atoms with E-state index in [1.807, 2.05) is 12.1 Å². The maximum Gasteiger partial charge on any atom is 0.222 e. The Morgan fingerprint density at radius 3 is 2.52 bits per heavy atom. The van der Waals surface area contributed by atoms with Crippen LogP contribution < -0.4 is 20.9 Å². The van der Waals surface area contributed by atoms with Gasteiger partial charge in [-0.2, -0.15) is 4.98 Å². The lowest BCUT2D eigenvalue weighted by Gasteiger charge is -2.17. The van der Waals surface area contributed by atoms with Crippen molar-refractivity contribution in [1.82, 2.24) is 9.97 Å². The lowest BCUT2D eigenvalue weighted by Crippen LogP contribution is -2.03. The first-order valence-electron chi connectivity index (χ1n) is 8.27. The van der Waals surface area contributed by atoms with Crippen LogP contribution in [0.5, 0.6) is 17.2 Å². The van der Waals surface area contributed by atoms with Crippen LogP contribution >= 0.6 is 0 Å². The van der Waals surface area contributed by atoms with Gasteiger partial charge >= 0.3 is 0 Å². The van der Waals surface area contributed by atoms with Gasteiger partial charge in [0.15, 0.2) is 11.6 Å². The van der Waals surface area contributed by atoms with Gasteiger partial charge in [0.25, 0.3) is 0 Å². The third-order valence-corrected chi connectivity index (χ3v) is 3.96. The minimum Gasteiger partial charge on any atom is -0.495 e. The first-order valence-corrected chi connectivity index (χ1v) is 8.27. The molecule has 0 bridgehead atoms. The summed E-state index contributed by atoms with van der Waals surface area (Å²) in [6, 6.07) is 3.85. The second-order valence-electron chi connectivity index (χ2n) is 6.37. The van der Waals surface area contributed by atoms with Gasteiger partial charge in [-0.15, -0.1) is 0 Å². The molecule has 1 heterocycles. The molecule has 0 radical (unpaired) electrons. The Bertz CT molecular complexity index is 848. The Morgan fingerprint density at radius 1 is 1.16 bits per heavy atom. The summed E-state index contributed by atoms with van der Waals surface area (Å²) in [5, 5.41) is 0. The van der Waals surface area contributed by atoms with Gasteiger partial charge in [-0.1, -0.05) is 25.7 Å². The van der Waals surface area contributed by atoms with E-state index in [1.54, 1.807) is 7.11 Å². The quantitative estimate of drug-likeness (QED) is 0.830. The zero-order valence-corrected chi connectivity index (χ0v) is 14.7. The third kappa shape index (κ3) is 3.94. The Morgan fingerprint density at radius 2 is 1.92 bits per heavy atom. The highest BCUT2D eigenvalue weighted by molar-refractivity contribution is 5.57. The smallest absolute Gasteiger partial charge is 0.222 e. The van der Waals surface area contributed by atoms with E-state index in [9.17, 15) is 0 Å². The zero-order chi connectivity index (χ0) is 18.0. The largest absolute Gasteiger partial charge is 0.495 e. The summed E-state index contributed by atoms with van der Waals surface area (Å²) in [6.45, 7) is 4.17. The number of nitrogen functional groups attached to an aromatic ring is 2. The van der Waals surface area contributed by atoms with Gasteiger partial charge in [0.1, 0.15) is 11.5 Å². The van der Waals surface area contributed by atoms with Crippen molar-refractivity contribution < 1.29 is 9.47 Å². The summed E-state index contributed by atoms with van der Waals surface area (Å²) in [6.07, 6.45) is 3.81. The normalized spacial score (nSPS) is 13.3. The van der Waals surface area contributed by atoms with E-state index in [0.717, 1.165) is 16.9 Å². The van der Waals surface area contributed by atoms with Crippen LogP contribution in [0.2, 0.25) is 0 Å². The van der Waals surface area contributed by atoms with Crippen LogP contribution in [0.15, 0.2) is 18.3 Å². The molecule has 6 nitrogen and oxygen atoms in total. The molecule has 0 saturated heterocycles. The number of hydrogen-bond acceptors (Lipinski definition) is 6. The molecular weight excluding hydrogens is 316 g/mol. The van der Waals surface area contributed by atoms with Crippen LogP contribution in [0.25, 0.3) is 0 Å². The number of aromatic nitrogens is 2. The van der Waals surface area contributed by atoms with E-state index in [0.29, 0.717) is 17.4 Å². The molecule has 25 heavy (non-hydrogen) atoms. The average Bonchev–Trinajstić information content (AvgIpc) is 3.39. The van der Waals surface area contributed by atoms with Crippen LogP contribution in [-0.2, 0) is 0 Å². The number of methoxy groups -OCH3 is 1. The van der Waals surface area contributed by atoms with Crippen LogP contribution in [0.1, 0.15) is 43.7 Å². The van der Waals surface area contributed by atoms with Crippen molar-refractivity contribution in [2.24, 2.45) is 5.92 Å². The summed E-state index contributed by atoms with van der Waals surface area (Å²) in [4.78, 5) is 7.88. The van der Waals surface area contributed by atoms with Crippen molar-refractivity contribution in [2.45, 2.75) is 32.6 Å². The summed E-state index contributed by atoms with van der Waals surface area (Å²) in [5.74, 6) is 9.26. The molecule has 0 atom stereocenters. The van der Waals surface area contributed by atoms with Crippen LogP contribution in [-0.4, -0.2) is 17.1 Å². The molecule has 0 unspecified atom stereocenters. The molecule has 0 spiro atoms. The molecule has 1 aliphatic rings. The predicted octanol–water partition coefficient (Wildman–Crippen LogP) is 3.33. The van der Waals surface area contributed by atoms with Crippen molar-refractivity contribution in [2.75, 3.05) is 18.6 Å². The highest BCUT2D eigenvalue weighted by Gasteiger charge is 2.19. The van der Waals surface area contributed by atoms with Crippen molar-refractivity contribution in [3.8, 4) is 29.1 Å². The first-order chi connectivity index (χ1) is 12.0. The average molecular weight is 338 g/mol. The molecule has 1 aliphatic carbocycles. The Kier molecular flexibility index (Phi) is 4.66. The fourth-order valence-electron chi connectivity index (χ4n) is 2.38. The molecule has 1 fully saturated rings. The van der Waals surface area contributed by atoms with Crippen LogP contribution in [0.4, 0.5) is 11.8 Å². The summed E-state index contributed by atoms with van der Waals surface area (Å²) >= 11 is 0. The van der Waals surface area contributed by atoms with Gasteiger partial charge in [0.2, 0.25) is 5.95 Å². The maximum atomic E-state index is 5.99. The number of nitrogens with two attached hydrogens (primary N) is 2. The summed E-state index contributed by atoms with van der Waals surface area (Å²) < 4.78 is 11.5. The van der Waals surface area contributed by atoms with E-state index < -0.39 is 0 Å². The standard InChI is InChI=1S/C19H22N4O2/c1-11(2)14-9-15(24-3)13(7-6-12-4-5-12)8-16(14)25-17-10-22-19(21)23-18(17)20/h8-12H,4-5H2,1-3H3,(H4,20,21,22,23). The minimum absolute atomic E-state index is 0.111. The Hall–Kier alpha value is -2.94. The van der Waals surface area contributed by atoms with Gasteiger partial charge in [0, 0.05) is 17.5 Å². The highest BCUT2D eigenvalue weighted by Crippen LogP contribution is 2.37. The lowest BCUT2D eigenvalue weighted by molar-refractivity contribution is 0.409. The first kappa shape index (κ1) is 16.9. The molecule has 0 amide bonds. The van der Waals surface area contributed by atoms with E-state index in [2.05, 4.69) is 35.7 Å². The topological polar surface area (TPSA) is 96.3 Å². The molecule has 2 aromatic rings. The third-order valence-electron chi connectivity index (χ3n) is 3.96. The summed E-state index contributed by atoms with van der Waals surface area (Å²) in [5.41, 5.74) is 13.2. The van der Waals surface area contributed by atoms with Crippen molar-refractivity contribution >= 4 is 11.8 Å². The second kappa shape index (κ2) is 6.89. The monoisotopic (exact) mass is 338 g/mol. The molecule has 3 rings (SSSR count). The van der Waals surface area contributed by atoms with Gasteiger partial charge in [0.05, 0.1) is 18.9 Å². The molecule has 6 heteroatoms. The number of hydrogen-bond donors (Lipinski definition) is 2. The highest BCUT2D eigenvalue weighted by atomic mass is 16.5. The molecular formula is C19H22N4O2. The van der Waals surface area contributed by atoms with E-state index in [1.165, 1.54) is 19.0 Å². The lowest BCUT2D eigenvalue weighted by atomic mass is 9.99. The number of nitrogens with zero attached hydrogens (tertiary/aromatic N) is 2. The van der Waals surface area contributed by atoms with Crippen LogP contribution in [0.3, 0.4) is 0 Å². The molecule has 0 aliphatic heterocycles. The molecule has 1 aromatic heterocycles. The van der Waals surface area contributed by atoms with Crippen LogP contribution in [0, 0.1) is 17.8 Å². The predicted molar refractivity (Wildman–Crippen MR) is 97.6 cm³/mol. The van der Waals surface area contributed by atoms with E-state index >= 15 is 0 Å². The van der Waals surface area contributed by atoms with Gasteiger partial charge < -0.3 is 20.9 Å². The number of benzene rings is 1. The molecule has 1 saturated carbocycles. The van der Waals surface area contributed by atoms with Gasteiger partial charge in [-0.3, -0.25) is 0 Å². The van der Waals surface area contributed by atoms with Crippen molar-refractivity contribution in [3.05, 3.63) is 29.5 Å².